The minimum absolute atomic E-state index is 0.0305. The molecule has 40 heavy (non-hydrogen) atoms. The molecule has 1 aromatic heterocycles. The zero-order chi connectivity index (χ0) is 28.1. The van der Waals surface area contributed by atoms with Gasteiger partial charge in [-0.15, -0.1) is 0 Å². The number of rotatable bonds is 9. The second kappa shape index (κ2) is 11.8. The van der Waals surface area contributed by atoms with Crippen molar-refractivity contribution in [1.82, 2.24) is 9.66 Å². The molecule has 5 aromatic rings. The van der Waals surface area contributed by atoms with Gasteiger partial charge in [-0.25, -0.2) is 4.98 Å². The molecule has 10 heteroatoms. The molecule has 4 aromatic carbocycles. The van der Waals surface area contributed by atoms with Gasteiger partial charge in [0, 0.05) is 17.7 Å². The fourth-order valence-corrected chi connectivity index (χ4v) is 4.38. The van der Waals surface area contributed by atoms with Crippen LogP contribution in [0.2, 0.25) is 5.02 Å². The summed E-state index contributed by atoms with van der Waals surface area (Å²) in [6.07, 6.45) is 1.50. The summed E-state index contributed by atoms with van der Waals surface area (Å²) in [5, 5.41) is 16.3. The van der Waals surface area contributed by atoms with Crippen LogP contribution in [0.4, 0.5) is 5.69 Å². The minimum Gasteiger partial charge on any atom is -0.490 e. The summed E-state index contributed by atoms with van der Waals surface area (Å²) in [6.45, 7) is 2.22. The van der Waals surface area contributed by atoms with Crippen molar-refractivity contribution in [1.29, 1.82) is 0 Å². The van der Waals surface area contributed by atoms with Crippen molar-refractivity contribution in [2.24, 2.45) is 5.10 Å². The van der Waals surface area contributed by atoms with Gasteiger partial charge in [-0.05, 0) is 42.3 Å². The summed E-state index contributed by atoms with van der Waals surface area (Å²) in [5.41, 5.74) is 2.14. The summed E-state index contributed by atoms with van der Waals surface area (Å²) < 4.78 is 13.0. The van der Waals surface area contributed by atoms with Crippen molar-refractivity contribution >= 4 is 34.4 Å². The summed E-state index contributed by atoms with van der Waals surface area (Å²) in [6, 6.07) is 26.0. The van der Waals surface area contributed by atoms with E-state index in [1.165, 1.54) is 23.0 Å². The first-order chi connectivity index (χ1) is 19.4. The zero-order valence-electron chi connectivity index (χ0n) is 21.4. The Kier molecular flexibility index (Phi) is 7.84. The highest BCUT2D eigenvalue weighted by atomic mass is 35.5. The molecule has 0 aliphatic rings. The van der Waals surface area contributed by atoms with Crippen LogP contribution in [-0.4, -0.2) is 27.4 Å². The highest BCUT2D eigenvalue weighted by Crippen LogP contribution is 2.37. The van der Waals surface area contributed by atoms with Gasteiger partial charge in [-0.1, -0.05) is 66.2 Å². The van der Waals surface area contributed by atoms with Crippen molar-refractivity contribution in [3.05, 3.63) is 128 Å². The zero-order valence-corrected chi connectivity index (χ0v) is 22.1. The number of hydrogen-bond acceptors (Lipinski definition) is 7. The largest absolute Gasteiger partial charge is 0.490 e. The number of fused-ring (bicyclic) bond motifs is 1. The Labute approximate surface area is 234 Å². The van der Waals surface area contributed by atoms with E-state index < -0.39 is 4.92 Å². The lowest BCUT2D eigenvalue weighted by Gasteiger charge is -2.14. The number of para-hydroxylation sites is 1. The third-order valence-electron chi connectivity index (χ3n) is 5.94. The quantitative estimate of drug-likeness (QED) is 0.117. The number of halogens is 1. The molecule has 0 radical (unpaired) electrons. The van der Waals surface area contributed by atoms with E-state index in [-0.39, 0.29) is 22.9 Å². The van der Waals surface area contributed by atoms with E-state index in [4.69, 9.17) is 26.1 Å². The highest BCUT2D eigenvalue weighted by molar-refractivity contribution is 6.32. The predicted octanol–water partition coefficient (Wildman–Crippen LogP) is 6.49. The molecule has 0 N–H and O–H groups in total. The molecular formula is C30H23ClN4O5. The Morgan fingerprint density at radius 3 is 2.55 bits per heavy atom. The molecule has 0 saturated heterocycles. The van der Waals surface area contributed by atoms with Crippen LogP contribution < -0.4 is 15.0 Å². The third-order valence-corrected chi connectivity index (χ3v) is 6.23. The molecule has 1 heterocycles. The number of ether oxygens (including phenoxy) is 2. The summed E-state index contributed by atoms with van der Waals surface area (Å²) in [5.74, 6) is 1.06. The maximum absolute atomic E-state index is 13.4. The van der Waals surface area contributed by atoms with E-state index in [1.807, 2.05) is 43.3 Å². The van der Waals surface area contributed by atoms with Gasteiger partial charge < -0.3 is 9.47 Å². The first-order valence-corrected chi connectivity index (χ1v) is 12.8. The van der Waals surface area contributed by atoms with Gasteiger partial charge >= 0.3 is 0 Å². The van der Waals surface area contributed by atoms with E-state index in [0.29, 0.717) is 46.0 Å². The van der Waals surface area contributed by atoms with Gasteiger partial charge in [0.2, 0.25) is 0 Å². The number of hydrogen-bond donors (Lipinski definition) is 0. The third kappa shape index (κ3) is 5.69. The monoisotopic (exact) mass is 554 g/mol. The van der Waals surface area contributed by atoms with E-state index in [2.05, 4.69) is 5.10 Å². The standard InChI is InChI=1S/C30H23ClN4O5/c1-2-39-27-17-21(16-25(31)28(27)40-19-20-9-8-12-23(15-20)35(37)38)18-32-34-29(22-10-4-3-5-11-22)33-26-14-7-6-13-24(26)30(34)36/h3-18H,2,19H2,1H3. The van der Waals surface area contributed by atoms with Crippen LogP contribution in [0.1, 0.15) is 18.1 Å². The lowest BCUT2D eigenvalue weighted by atomic mass is 10.2. The maximum Gasteiger partial charge on any atom is 0.282 e. The summed E-state index contributed by atoms with van der Waals surface area (Å²) in [7, 11) is 0. The van der Waals surface area contributed by atoms with Crippen LogP contribution in [0.5, 0.6) is 11.5 Å². The van der Waals surface area contributed by atoms with Gasteiger partial charge in [-0.2, -0.15) is 9.78 Å². The van der Waals surface area contributed by atoms with E-state index in [1.54, 1.807) is 42.5 Å². The van der Waals surface area contributed by atoms with Crippen molar-refractivity contribution in [2.75, 3.05) is 6.61 Å². The number of non-ortho nitro benzene ring substituents is 1. The molecule has 200 valence electrons. The minimum atomic E-state index is -0.462. The molecule has 0 fully saturated rings. The Balaban J connectivity index is 1.50. The van der Waals surface area contributed by atoms with Crippen LogP contribution >= 0.6 is 11.6 Å². The molecular weight excluding hydrogens is 532 g/mol. The van der Waals surface area contributed by atoms with E-state index >= 15 is 0 Å². The number of nitro benzene ring substituents is 1. The molecule has 0 amide bonds. The molecule has 0 unspecified atom stereocenters. The molecule has 0 spiro atoms. The first kappa shape index (κ1) is 26.6. The van der Waals surface area contributed by atoms with Gasteiger partial charge in [0.1, 0.15) is 6.61 Å². The van der Waals surface area contributed by atoms with Crippen LogP contribution in [0, 0.1) is 10.1 Å². The average molecular weight is 555 g/mol. The average Bonchev–Trinajstić information content (AvgIpc) is 2.97. The molecule has 9 nitrogen and oxygen atoms in total. The van der Waals surface area contributed by atoms with Crippen LogP contribution in [0.3, 0.4) is 0 Å². The first-order valence-electron chi connectivity index (χ1n) is 12.4. The number of aromatic nitrogens is 2. The molecule has 5 rings (SSSR count). The summed E-state index contributed by atoms with van der Waals surface area (Å²) in [4.78, 5) is 28.8. The predicted molar refractivity (Wildman–Crippen MR) is 154 cm³/mol. The number of nitrogens with zero attached hydrogens (tertiary/aromatic N) is 4. The van der Waals surface area contributed by atoms with Crippen molar-refractivity contribution in [2.45, 2.75) is 13.5 Å². The number of nitro groups is 1. The molecule has 0 aliphatic carbocycles. The Morgan fingerprint density at radius 1 is 1.00 bits per heavy atom. The lowest BCUT2D eigenvalue weighted by Crippen LogP contribution is -2.20. The smallest absolute Gasteiger partial charge is 0.282 e. The SMILES string of the molecule is CCOc1cc(C=Nn2c(-c3ccccc3)nc3ccccc3c2=O)cc(Cl)c1OCc1cccc([N+](=O)[O-])c1. The normalized spacial score (nSPS) is 11.2. The second-order valence-corrected chi connectivity index (χ2v) is 9.07. The summed E-state index contributed by atoms with van der Waals surface area (Å²) >= 11 is 6.58. The van der Waals surface area contributed by atoms with Crippen molar-refractivity contribution < 1.29 is 14.4 Å². The topological polar surface area (TPSA) is 109 Å². The highest BCUT2D eigenvalue weighted by Gasteiger charge is 2.15. The van der Waals surface area contributed by atoms with Gasteiger partial charge in [0.15, 0.2) is 17.3 Å². The Hall–Kier alpha value is -5.02. The molecule has 0 aliphatic heterocycles. The molecule has 0 atom stereocenters. The lowest BCUT2D eigenvalue weighted by molar-refractivity contribution is -0.384. The van der Waals surface area contributed by atoms with Gasteiger partial charge in [0.25, 0.3) is 11.2 Å². The fraction of sp³-hybridized carbons (Fsp3) is 0.100. The molecule has 0 bridgehead atoms. The van der Waals surface area contributed by atoms with E-state index in [9.17, 15) is 14.9 Å². The fourth-order valence-electron chi connectivity index (χ4n) is 4.11. The Bertz CT molecular complexity index is 1790. The van der Waals surface area contributed by atoms with Gasteiger partial charge in [-0.3, -0.25) is 14.9 Å². The van der Waals surface area contributed by atoms with E-state index in [0.717, 1.165) is 5.56 Å². The van der Waals surface area contributed by atoms with Crippen LogP contribution in [0.15, 0.2) is 101 Å². The van der Waals surface area contributed by atoms with Crippen molar-refractivity contribution in [3.63, 3.8) is 0 Å². The Morgan fingerprint density at radius 2 is 1.77 bits per heavy atom. The molecule has 0 saturated carbocycles. The van der Waals surface area contributed by atoms with Gasteiger partial charge in [0.05, 0.1) is 33.7 Å². The van der Waals surface area contributed by atoms with Crippen LogP contribution in [0.25, 0.3) is 22.3 Å². The van der Waals surface area contributed by atoms with Crippen LogP contribution in [-0.2, 0) is 6.61 Å². The van der Waals surface area contributed by atoms with Crippen molar-refractivity contribution in [3.8, 4) is 22.9 Å². The number of benzene rings is 4. The maximum atomic E-state index is 13.4. The second-order valence-electron chi connectivity index (χ2n) is 8.66.